The number of nitrogens with one attached hydrogen (secondary N) is 1. The number of nitrogens with zero attached hydrogens (tertiary/aromatic N) is 4. The number of nitrogens with two attached hydrogens (primary N) is 1. The van der Waals surface area contributed by atoms with Crippen molar-refractivity contribution in [2.24, 2.45) is 7.05 Å². The standard InChI is InChI=1S/C34H29FN6O4/c1-19(2)32(42)40-24-8-5-21(6-9-24)29-27(22-7-10-26(25(35)15-22)45-33-37-14-12-20(3)39-33)28-30(41(29)4)23(16-38-31(28)36)11-13-34(43)17-44-18-34/h5-10,12,14-16,43H,1,17-18H2,2-4H3,(H2,36,38)(H,40,42). The van der Waals surface area contributed by atoms with Gasteiger partial charge in [0.2, 0.25) is 0 Å². The van der Waals surface area contributed by atoms with Crippen LogP contribution in [0.25, 0.3) is 33.3 Å². The van der Waals surface area contributed by atoms with Gasteiger partial charge >= 0.3 is 6.01 Å². The van der Waals surface area contributed by atoms with E-state index in [2.05, 4.69) is 38.7 Å². The van der Waals surface area contributed by atoms with Crippen molar-refractivity contribution in [1.29, 1.82) is 0 Å². The number of amides is 1. The van der Waals surface area contributed by atoms with Crippen molar-refractivity contribution in [3.63, 3.8) is 0 Å². The highest BCUT2D eigenvalue weighted by atomic mass is 19.1. The van der Waals surface area contributed by atoms with Crippen LogP contribution < -0.4 is 15.8 Å². The molecule has 0 bridgehead atoms. The predicted molar refractivity (Wildman–Crippen MR) is 169 cm³/mol. The maximum Gasteiger partial charge on any atom is 0.322 e. The summed E-state index contributed by atoms with van der Waals surface area (Å²) in [6.45, 7) is 7.33. The van der Waals surface area contributed by atoms with Gasteiger partial charge in [0.25, 0.3) is 5.91 Å². The van der Waals surface area contributed by atoms with E-state index in [0.717, 1.165) is 5.56 Å². The molecule has 0 saturated carbocycles. The first kappa shape index (κ1) is 29.5. The van der Waals surface area contributed by atoms with E-state index in [-0.39, 0.29) is 36.7 Å². The molecule has 3 aromatic heterocycles. The summed E-state index contributed by atoms with van der Waals surface area (Å²) in [5.74, 6) is 5.20. The first-order chi connectivity index (χ1) is 21.5. The minimum absolute atomic E-state index is 0.0292. The van der Waals surface area contributed by atoms with Crippen LogP contribution in [-0.4, -0.2) is 49.3 Å². The van der Waals surface area contributed by atoms with E-state index >= 15 is 4.39 Å². The number of ether oxygens (including phenoxy) is 2. The van der Waals surface area contributed by atoms with Crippen LogP contribution in [0.1, 0.15) is 18.2 Å². The highest BCUT2D eigenvalue weighted by Gasteiger charge is 2.34. The number of nitrogen functional groups attached to an aromatic ring is 1. The van der Waals surface area contributed by atoms with Gasteiger partial charge in [0, 0.05) is 42.0 Å². The number of aromatic nitrogens is 4. The highest BCUT2D eigenvalue weighted by molar-refractivity contribution is 6.11. The molecule has 0 aliphatic carbocycles. The lowest BCUT2D eigenvalue weighted by atomic mass is 9.97. The number of benzene rings is 2. The third-order valence-corrected chi connectivity index (χ3v) is 7.35. The summed E-state index contributed by atoms with van der Waals surface area (Å²) in [7, 11) is 1.85. The summed E-state index contributed by atoms with van der Waals surface area (Å²) < 4.78 is 28.3. The van der Waals surface area contributed by atoms with Crippen molar-refractivity contribution in [3.05, 3.63) is 90.2 Å². The summed E-state index contributed by atoms with van der Waals surface area (Å²) in [6, 6.07) is 13.6. The quantitative estimate of drug-likeness (QED) is 0.179. The Morgan fingerprint density at radius 1 is 1.18 bits per heavy atom. The lowest BCUT2D eigenvalue weighted by Crippen LogP contribution is -2.48. The molecule has 226 valence electrons. The fourth-order valence-corrected chi connectivity index (χ4v) is 5.03. The number of carbonyl (C=O) groups excluding carboxylic acids is 1. The van der Waals surface area contributed by atoms with Crippen molar-refractivity contribution in [3.8, 4) is 46.0 Å². The number of halogens is 1. The van der Waals surface area contributed by atoms with Gasteiger partial charge in [-0.2, -0.15) is 0 Å². The second-order valence-electron chi connectivity index (χ2n) is 10.9. The second kappa shape index (κ2) is 11.5. The molecule has 6 rings (SSSR count). The number of aliphatic hydroxyl groups is 1. The van der Waals surface area contributed by atoms with Gasteiger partial charge in [-0.1, -0.05) is 36.6 Å². The van der Waals surface area contributed by atoms with Crippen molar-refractivity contribution in [2.45, 2.75) is 19.4 Å². The SMILES string of the molecule is C=C(C)C(=O)Nc1ccc(-c2c(-c3ccc(Oc4nccc(C)n4)c(F)c3)c3c(N)ncc(C#CC4(O)COC4)c3n2C)cc1. The minimum Gasteiger partial charge on any atom is -0.421 e. The van der Waals surface area contributed by atoms with Crippen molar-refractivity contribution >= 4 is 28.3 Å². The number of fused-ring (bicyclic) bond motifs is 1. The second-order valence-corrected chi connectivity index (χ2v) is 10.9. The van der Waals surface area contributed by atoms with Crippen LogP contribution in [0.2, 0.25) is 0 Å². The molecule has 1 aliphatic heterocycles. The number of rotatable bonds is 6. The van der Waals surface area contributed by atoms with Gasteiger partial charge in [-0.05, 0) is 55.3 Å². The van der Waals surface area contributed by atoms with Crippen LogP contribution in [0.3, 0.4) is 0 Å². The van der Waals surface area contributed by atoms with Gasteiger partial charge in [0.05, 0.1) is 35.4 Å². The summed E-state index contributed by atoms with van der Waals surface area (Å²) in [6.07, 6.45) is 3.09. The van der Waals surface area contributed by atoms with E-state index in [9.17, 15) is 9.90 Å². The van der Waals surface area contributed by atoms with Gasteiger partial charge in [0.15, 0.2) is 17.2 Å². The average Bonchev–Trinajstić information content (AvgIpc) is 3.31. The molecule has 4 N–H and O–H groups in total. The molecule has 0 atom stereocenters. The predicted octanol–water partition coefficient (Wildman–Crippen LogP) is 5.15. The number of aryl methyl sites for hydroxylation is 2. The molecule has 1 fully saturated rings. The lowest BCUT2D eigenvalue weighted by Gasteiger charge is -2.30. The van der Waals surface area contributed by atoms with E-state index in [4.69, 9.17) is 15.2 Å². The Kier molecular flexibility index (Phi) is 7.54. The Labute approximate surface area is 258 Å². The van der Waals surface area contributed by atoms with Crippen molar-refractivity contribution in [2.75, 3.05) is 24.3 Å². The first-order valence-corrected chi connectivity index (χ1v) is 14.0. The maximum atomic E-state index is 15.6. The van der Waals surface area contributed by atoms with Gasteiger partial charge < -0.3 is 30.2 Å². The molecule has 1 aliphatic rings. The molecule has 10 nitrogen and oxygen atoms in total. The summed E-state index contributed by atoms with van der Waals surface area (Å²) in [5, 5.41) is 13.9. The third kappa shape index (κ3) is 5.72. The molecular weight excluding hydrogens is 575 g/mol. The van der Waals surface area contributed by atoms with Crippen LogP contribution in [0.5, 0.6) is 11.8 Å². The number of hydrogen-bond acceptors (Lipinski definition) is 8. The molecule has 11 heteroatoms. The Bertz CT molecular complexity index is 2060. The molecular formula is C34H29FN6O4. The normalized spacial score (nSPS) is 13.4. The van der Waals surface area contributed by atoms with Crippen molar-refractivity contribution < 1.29 is 23.8 Å². The summed E-state index contributed by atoms with van der Waals surface area (Å²) in [5.41, 5.74) is 10.7. The lowest BCUT2D eigenvalue weighted by molar-refractivity contribution is -0.140. The number of carbonyl (C=O) groups is 1. The van der Waals surface area contributed by atoms with Gasteiger partial charge in [0.1, 0.15) is 5.82 Å². The highest BCUT2D eigenvalue weighted by Crippen LogP contribution is 2.44. The summed E-state index contributed by atoms with van der Waals surface area (Å²) in [4.78, 5) is 24.8. The minimum atomic E-state index is -1.24. The fraction of sp³-hybridized carbons (Fsp3) is 0.176. The Hall–Kier alpha value is -5.57. The molecule has 0 spiro atoms. The van der Waals surface area contributed by atoms with Crippen LogP contribution >= 0.6 is 0 Å². The number of hydrogen-bond donors (Lipinski definition) is 3. The van der Waals surface area contributed by atoms with Crippen LogP contribution in [0.4, 0.5) is 15.9 Å². The van der Waals surface area contributed by atoms with Gasteiger partial charge in [-0.3, -0.25) is 4.79 Å². The number of pyridine rings is 1. The smallest absolute Gasteiger partial charge is 0.322 e. The number of anilines is 2. The van der Waals surface area contributed by atoms with E-state index in [0.29, 0.717) is 50.2 Å². The Morgan fingerprint density at radius 2 is 1.91 bits per heavy atom. The van der Waals surface area contributed by atoms with Crippen LogP contribution in [-0.2, 0) is 16.6 Å². The van der Waals surface area contributed by atoms with E-state index < -0.39 is 11.4 Å². The fourth-order valence-electron chi connectivity index (χ4n) is 5.03. The zero-order valence-corrected chi connectivity index (χ0v) is 24.8. The van der Waals surface area contributed by atoms with Crippen LogP contribution in [0, 0.1) is 24.6 Å². The third-order valence-electron chi connectivity index (χ3n) is 7.35. The monoisotopic (exact) mass is 604 g/mol. The molecule has 1 saturated heterocycles. The molecule has 5 aromatic rings. The largest absolute Gasteiger partial charge is 0.421 e. The molecule has 0 unspecified atom stereocenters. The molecule has 45 heavy (non-hydrogen) atoms. The van der Waals surface area contributed by atoms with E-state index in [1.807, 2.05) is 23.7 Å². The average molecular weight is 605 g/mol. The molecule has 4 heterocycles. The van der Waals surface area contributed by atoms with E-state index in [1.165, 1.54) is 18.3 Å². The van der Waals surface area contributed by atoms with Crippen molar-refractivity contribution in [1.82, 2.24) is 19.5 Å². The maximum absolute atomic E-state index is 15.6. The zero-order valence-electron chi connectivity index (χ0n) is 24.8. The topological polar surface area (TPSA) is 137 Å². The first-order valence-electron chi connectivity index (χ1n) is 14.0. The van der Waals surface area contributed by atoms with Crippen LogP contribution in [0.15, 0.2) is 73.1 Å². The Balaban J connectivity index is 1.52. The molecule has 2 aromatic carbocycles. The van der Waals surface area contributed by atoms with E-state index in [1.54, 1.807) is 44.3 Å². The molecule has 1 amide bonds. The zero-order chi connectivity index (χ0) is 31.9. The summed E-state index contributed by atoms with van der Waals surface area (Å²) >= 11 is 0. The molecule has 0 radical (unpaired) electrons. The van der Waals surface area contributed by atoms with Gasteiger partial charge in [-0.15, -0.1) is 0 Å². The Morgan fingerprint density at radius 3 is 2.56 bits per heavy atom. The van der Waals surface area contributed by atoms with Gasteiger partial charge in [-0.25, -0.2) is 19.3 Å².